The molecule has 3 aromatic heterocycles. The number of ketones is 1. The van der Waals surface area contributed by atoms with Gasteiger partial charge >= 0.3 is 0 Å². The maximum atomic E-state index is 14.3. The van der Waals surface area contributed by atoms with Crippen molar-refractivity contribution in [1.82, 2.24) is 24.8 Å². The predicted octanol–water partition coefficient (Wildman–Crippen LogP) is 3.50. The number of benzene rings is 1. The van der Waals surface area contributed by atoms with Gasteiger partial charge in [-0.1, -0.05) is 6.07 Å². The van der Waals surface area contributed by atoms with Gasteiger partial charge in [-0.15, -0.1) is 0 Å². The van der Waals surface area contributed by atoms with Crippen molar-refractivity contribution in [2.75, 3.05) is 29.8 Å². The molecule has 232 valence electrons. The first-order valence-electron chi connectivity index (χ1n) is 13.9. The Balaban J connectivity index is 1.32. The van der Waals surface area contributed by atoms with Gasteiger partial charge in [0.1, 0.15) is 29.2 Å². The SMILES string of the molecule is COc1ncc(-c2ccc3ncnc(N4CC5CCC(C4)N5C(=O)/C=C/C(C)=O)c3n2)cc1NS(=O)(=O)c1c(F)cccc1F. The van der Waals surface area contributed by atoms with Crippen LogP contribution in [0.4, 0.5) is 20.3 Å². The summed E-state index contributed by atoms with van der Waals surface area (Å²) in [4.78, 5) is 44.8. The molecule has 15 heteroatoms. The number of pyridine rings is 2. The van der Waals surface area contributed by atoms with Gasteiger partial charge in [0.15, 0.2) is 16.5 Å². The van der Waals surface area contributed by atoms with Crippen LogP contribution < -0.4 is 14.4 Å². The highest BCUT2D eigenvalue weighted by Gasteiger charge is 2.42. The Morgan fingerprint density at radius 1 is 1.02 bits per heavy atom. The molecule has 2 aliphatic heterocycles. The van der Waals surface area contributed by atoms with E-state index in [-0.39, 0.29) is 35.3 Å². The molecule has 2 fully saturated rings. The number of anilines is 2. The molecule has 0 aliphatic carbocycles. The zero-order valence-corrected chi connectivity index (χ0v) is 25.0. The van der Waals surface area contributed by atoms with Gasteiger partial charge in [0, 0.05) is 43.0 Å². The molecule has 4 aromatic rings. The van der Waals surface area contributed by atoms with Gasteiger partial charge in [0.25, 0.3) is 10.0 Å². The fourth-order valence-corrected chi connectivity index (χ4v) is 6.98. The molecule has 5 heterocycles. The second-order valence-corrected chi connectivity index (χ2v) is 12.3. The Morgan fingerprint density at radius 2 is 1.73 bits per heavy atom. The zero-order chi connectivity index (χ0) is 31.9. The Bertz CT molecular complexity index is 1940. The first-order chi connectivity index (χ1) is 21.6. The molecule has 2 unspecified atom stereocenters. The van der Waals surface area contributed by atoms with Gasteiger partial charge in [0.05, 0.1) is 18.3 Å². The first-order valence-corrected chi connectivity index (χ1v) is 15.4. The van der Waals surface area contributed by atoms with Crippen LogP contribution in [-0.2, 0) is 19.6 Å². The lowest BCUT2D eigenvalue weighted by molar-refractivity contribution is -0.129. The zero-order valence-electron chi connectivity index (χ0n) is 24.1. The van der Waals surface area contributed by atoms with E-state index in [1.54, 1.807) is 12.1 Å². The van der Waals surface area contributed by atoms with Crippen molar-refractivity contribution in [2.45, 2.75) is 36.7 Å². The standard InChI is InChI=1S/C30H27F2N7O5S/c1-17(40)6-11-26(41)39-19-7-8-20(39)15-38(14-19)29-27-24(34-16-35-29)10-9-23(36-27)18-12-25(30(44-2)33-13-18)37-45(42,43)28-21(31)4-3-5-22(28)32/h3-6,9-13,16,19-20,37H,7-8,14-15H2,1-2H3/b11-6+. The van der Waals surface area contributed by atoms with Crippen LogP contribution in [0.15, 0.2) is 66.0 Å². The van der Waals surface area contributed by atoms with E-state index >= 15 is 0 Å². The highest BCUT2D eigenvalue weighted by molar-refractivity contribution is 7.92. The van der Waals surface area contributed by atoms with E-state index in [0.29, 0.717) is 41.2 Å². The summed E-state index contributed by atoms with van der Waals surface area (Å²) in [7, 11) is -3.42. The summed E-state index contributed by atoms with van der Waals surface area (Å²) in [6.45, 7) is 2.42. The number of fused-ring (bicyclic) bond motifs is 3. The summed E-state index contributed by atoms with van der Waals surface area (Å²) in [6.07, 6.45) is 7.10. The summed E-state index contributed by atoms with van der Waals surface area (Å²) in [5.41, 5.74) is 1.68. The molecule has 0 spiro atoms. The normalized spacial score (nSPS) is 18.0. The van der Waals surface area contributed by atoms with Crippen LogP contribution in [0.25, 0.3) is 22.3 Å². The summed E-state index contributed by atoms with van der Waals surface area (Å²) >= 11 is 0. The largest absolute Gasteiger partial charge is 0.480 e. The van der Waals surface area contributed by atoms with E-state index in [1.165, 1.54) is 44.8 Å². The molecule has 45 heavy (non-hydrogen) atoms. The average molecular weight is 636 g/mol. The van der Waals surface area contributed by atoms with Gasteiger partial charge in [0.2, 0.25) is 11.8 Å². The van der Waals surface area contributed by atoms with Gasteiger partial charge in [-0.2, -0.15) is 0 Å². The van der Waals surface area contributed by atoms with Crippen LogP contribution in [0.2, 0.25) is 0 Å². The summed E-state index contributed by atoms with van der Waals surface area (Å²) in [5, 5.41) is 0. The molecule has 1 N–H and O–H groups in total. The minimum Gasteiger partial charge on any atom is -0.480 e. The molecule has 2 saturated heterocycles. The molecule has 0 radical (unpaired) electrons. The highest BCUT2D eigenvalue weighted by Crippen LogP contribution is 2.35. The fraction of sp³-hybridized carbons (Fsp3) is 0.267. The van der Waals surface area contributed by atoms with Crippen molar-refractivity contribution in [2.24, 2.45) is 0 Å². The molecule has 6 rings (SSSR count). The summed E-state index contributed by atoms with van der Waals surface area (Å²) in [5.74, 6) is -2.44. The van der Waals surface area contributed by atoms with E-state index in [0.717, 1.165) is 31.0 Å². The summed E-state index contributed by atoms with van der Waals surface area (Å²) in [6, 6.07) is 7.44. The number of hydrogen-bond donors (Lipinski definition) is 1. The third-order valence-electron chi connectivity index (χ3n) is 7.73. The number of rotatable bonds is 8. The second kappa shape index (κ2) is 11.8. The van der Waals surface area contributed by atoms with Gasteiger partial charge in [-0.25, -0.2) is 37.1 Å². The predicted molar refractivity (Wildman–Crippen MR) is 160 cm³/mol. The molecule has 2 aliphatic rings. The van der Waals surface area contributed by atoms with E-state index in [9.17, 15) is 26.8 Å². The van der Waals surface area contributed by atoms with Crippen LogP contribution in [0, 0.1) is 11.6 Å². The van der Waals surface area contributed by atoms with Crippen molar-refractivity contribution >= 4 is 44.3 Å². The van der Waals surface area contributed by atoms with Crippen molar-refractivity contribution in [3.8, 4) is 17.1 Å². The van der Waals surface area contributed by atoms with Gasteiger partial charge in [-0.05, 0) is 56.2 Å². The smallest absolute Gasteiger partial charge is 0.267 e. The Morgan fingerprint density at radius 3 is 2.40 bits per heavy atom. The number of ether oxygens (including phenoxy) is 1. The third-order valence-corrected chi connectivity index (χ3v) is 9.15. The van der Waals surface area contributed by atoms with Crippen LogP contribution in [0.3, 0.4) is 0 Å². The number of sulfonamides is 1. The minimum absolute atomic E-state index is 0.0679. The molecule has 2 atom stereocenters. The lowest BCUT2D eigenvalue weighted by atomic mass is 10.1. The van der Waals surface area contributed by atoms with Crippen molar-refractivity contribution in [3.63, 3.8) is 0 Å². The van der Waals surface area contributed by atoms with E-state index in [2.05, 4.69) is 24.6 Å². The number of nitrogens with zero attached hydrogens (tertiary/aromatic N) is 6. The number of carbonyl (C=O) groups excluding carboxylic acids is 2. The molecular formula is C30H27F2N7O5S. The lowest BCUT2D eigenvalue weighted by Gasteiger charge is -2.41. The molecule has 1 amide bonds. The number of piperazine rings is 1. The van der Waals surface area contributed by atoms with E-state index in [1.807, 2.05) is 4.90 Å². The Labute approximate surface area is 256 Å². The van der Waals surface area contributed by atoms with Crippen LogP contribution >= 0.6 is 0 Å². The Kier molecular flexibility index (Phi) is 7.87. The maximum absolute atomic E-state index is 14.3. The van der Waals surface area contributed by atoms with Crippen molar-refractivity contribution in [3.05, 3.63) is 72.7 Å². The number of allylic oxidation sites excluding steroid dienone is 1. The second-order valence-electron chi connectivity index (χ2n) is 10.7. The van der Waals surface area contributed by atoms with E-state index < -0.39 is 26.6 Å². The van der Waals surface area contributed by atoms with Crippen LogP contribution in [0.5, 0.6) is 5.88 Å². The van der Waals surface area contributed by atoms with Gasteiger partial charge in [-0.3, -0.25) is 14.3 Å². The quantitative estimate of drug-likeness (QED) is 0.285. The number of aromatic nitrogens is 4. The summed E-state index contributed by atoms with van der Waals surface area (Å²) < 4.78 is 62.0. The topological polar surface area (TPSA) is 148 Å². The maximum Gasteiger partial charge on any atom is 0.267 e. The number of nitrogens with one attached hydrogen (secondary N) is 1. The molecule has 2 bridgehead atoms. The molecule has 12 nitrogen and oxygen atoms in total. The highest BCUT2D eigenvalue weighted by atomic mass is 32.2. The molecule has 0 saturated carbocycles. The number of hydrogen-bond acceptors (Lipinski definition) is 10. The average Bonchev–Trinajstić information content (AvgIpc) is 3.27. The Hall–Kier alpha value is -5.05. The molecule has 1 aromatic carbocycles. The van der Waals surface area contributed by atoms with Crippen molar-refractivity contribution in [1.29, 1.82) is 0 Å². The first kappa shape index (κ1) is 30.0. The fourth-order valence-electron chi connectivity index (χ4n) is 5.79. The molecular weight excluding hydrogens is 608 g/mol. The number of methoxy groups -OCH3 is 1. The number of halogens is 2. The monoisotopic (exact) mass is 635 g/mol. The lowest BCUT2D eigenvalue weighted by Crippen LogP contribution is -2.55. The van der Waals surface area contributed by atoms with Crippen LogP contribution in [0.1, 0.15) is 19.8 Å². The third kappa shape index (κ3) is 5.78. The van der Waals surface area contributed by atoms with Crippen LogP contribution in [-0.4, -0.2) is 77.2 Å². The number of carbonyl (C=O) groups is 2. The number of amides is 1. The minimum atomic E-state index is -4.70. The van der Waals surface area contributed by atoms with Crippen molar-refractivity contribution < 1.29 is 31.5 Å². The van der Waals surface area contributed by atoms with E-state index in [4.69, 9.17) is 9.72 Å². The van der Waals surface area contributed by atoms with Gasteiger partial charge < -0.3 is 14.5 Å².